The lowest BCUT2D eigenvalue weighted by molar-refractivity contribution is 0.103. The molecular formula is C15H15FO2. The number of benzene rings is 1. The number of carbonyl (C=O) groups excluding carboxylic acids is 1. The first-order valence-corrected chi connectivity index (χ1v) is 5.79. The van der Waals surface area contributed by atoms with E-state index in [4.69, 9.17) is 4.42 Å². The fourth-order valence-electron chi connectivity index (χ4n) is 2.10. The second-order valence-electron chi connectivity index (χ2n) is 4.50. The summed E-state index contributed by atoms with van der Waals surface area (Å²) in [5.74, 6) is 0.724. The molecule has 0 aliphatic heterocycles. The van der Waals surface area contributed by atoms with Gasteiger partial charge in [-0.2, -0.15) is 0 Å². The molecule has 0 saturated heterocycles. The molecule has 18 heavy (non-hydrogen) atoms. The van der Waals surface area contributed by atoms with Crippen molar-refractivity contribution in [3.63, 3.8) is 0 Å². The smallest absolute Gasteiger partial charge is 0.197 e. The van der Waals surface area contributed by atoms with Crippen LogP contribution >= 0.6 is 0 Å². The monoisotopic (exact) mass is 246 g/mol. The minimum Gasteiger partial charge on any atom is -0.466 e. The molecule has 1 aromatic carbocycles. The quantitative estimate of drug-likeness (QED) is 0.753. The molecule has 0 atom stereocenters. The molecule has 2 aromatic rings. The number of ketones is 1. The Balaban J connectivity index is 2.58. The summed E-state index contributed by atoms with van der Waals surface area (Å²) >= 11 is 0. The Hall–Kier alpha value is -1.90. The molecule has 94 valence electrons. The Morgan fingerprint density at radius 2 is 1.78 bits per heavy atom. The van der Waals surface area contributed by atoms with Crippen LogP contribution in [-0.4, -0.2) is 5.78 Å². The average molecular weight is 246 g/mol. The van der Waals surface area contributed by atoms with Gasteiger partial charge in [0.15, 0.2) is 5.78 Å². The van der Waals surface area contributed by atoms with E-state index in [1.165, 1.54) is 12.1 Å². The Labute approximate surface area is 105 Å². The van der Waals surface area contributed by atoms with E-state index >= 15 is 0 Å². The topological polar surface area (TPSA) is 30.2 Å². The molecule has 1 heterocycles. The molecule has 3 heteroatoms. The van der Waals surface area contributed by atoms with E-state index in [1.807, 2.05) is 13.8 Å². The first-order chi connectivity index (χ1) is 8.41. The van der Waals surface area contributed by atoms with Crippen molar-refractivity contribution in [3.8, 4) is 0 Å². The second-order valence-corrected chi connectivity index (χ2v) is 4.50. The van der Waals surface area contributed by atoms with Crippen molar-refractivity contribution in [2.24, 2.45) is 0 Å². The van der Waals surface area contributed by atoms with Crippen molar-refractivity contribution >= 4 is 5.78 Å². The van der Waals surface area contributed by atoms with Crippen LogP contribution in [0.15, 0.2) is 22.6 Å². The third kappa shape index (κ3) is 1.96. The highest BCUT2D eigenvalue weighted by Crippen LogP contribution is 2.25. The first kappa shape index (κ1) is 12.6. The fourth-order valence-corrected chi connectivity index (χ4v) is 2.10. The number of aryl methyl sites for hydroxylation is 3. The molecule has 0 radical (unpaired) electrons. The zero-order valence-corrected chi connectivity index (χ0v) is 10.9. The van der Waals surface area contributed by atoms with Crippen molar-refractivity contribution in [1.82, 2.24) is 0 Å². The van der Waals surface area contributed by atoms with Crippen molar-refractivity contribution in [2.45, 2.75) is 27.7 Å². The average Bonchev–Trinajstić information content (AvgIpc) is 2.56. The number of hydrogen-bond donors (Lipinski definition) is 0. The van der Waals surface area contributed by atoms with Crippen molar-refractivity contribution < 1.29 is 13.6 Å². The summed E-state index contributed by atoms with van der Waals surface area (Å²) in [5.41, 5.74) is 2.52. The Bertz CT molecular complexity index is 624. The molecule has 1 aromatic heterocycles. The van der Waals surface area contributed by atoms with Gasteiger partial charge in [0.05, 0.1) is 5.56 Å². The number of halogens is 1. The van der Waals surface area contributed by atoms with Crippen LogP contribution in [0, 0.1) is 33.5 Å². The molecule has 0 bridgehead atoms. The normalized spacial score (nSPS) is 10.7. The largest absolute Gasteiger partial charge is 0.466 e. The van der Waals surface area contributed by atoms with Crippen LogP contribution in [0.3, 0.4) is 0 Å². The summed E-state index contributed by atoms with van der Waals surface area (Å²) in [4.78, 5) is 12.4. The molecule has 0 N–H and O–H groups in total. The van der Waals surface area contributed by atoms with Gasteiger partial charge in [-0.05, 0) is 45.4 Å². The molecule has 0 fully saturated rings. The maximum absolute atomic E-state index is 13.3. The Morgan fingerprint density at radius 3 is 2.33 bits per heavy atom. The third-order valence-corrected chi connectivity index (χ3v) is 3.23. The van der Waals surface area contributed by atoms with Gasteiger partial charge in [-0.3, -0.25) is 4.79 Å². The summed E-state index contributed by atoms with van der Waals surface area (Å²) in [7, 11) is 0. The number of carbonyl (C=O) groups is 1. The van der Waals surface area contributed by atoms with E-state index < -0.39 is 5.82 Å². The lowest BCUT2D eigenvalue weighted by Gasteiger charge is -2.05. The van der Waals surface area contributed by atoms with Crippen LogP contribution in [0.1, 0.15) is 38.6 Å². The summed E-state index contributed by atoms with van der Waals surface area (Å²) in [6.07, 6.45) is 0. The van der Waals surface area contributed by atoms with E-state index in [-0.39, 0.29) is 5.78 Å². The van der Waals surface area contributed by atoms with Gasteiger partial charge in [0, 0.05) is 11.1 Å². The zero-order valence-electron chi connectivity index (χ0n) is 10.9. The Morgan fingerprint density at radius 1 is 1.11 bits per heavy atom. The van der Waals surface area contributed by atoms with E-state index in [1.54, 1.807) is 19.9 Å². The standard InChI is InChI=1S/C15H15FO2/c1-8-5-6-12(16)7-13(8)15(17)14-9(2)10(3)18-11(14)4/h5-7H,1-4H3. The molecule has 0 aliphatic rings. The van der Waals surface area contributed by atoms with E-state index in [9.17, 15) is 9.18 Å². The van der Waals surface area contributed by atoms with Crippen molar-refractivity contribution in [2.75, 3.05) is 0 Å². The van der Waals surface area contributed by atoms with Gasteiger partial charge in [0.2, 0.25) is 0 Å². The van der Waals surface area contributed by atoms with E-state index in [0.29, 0.717) is 16.9 Å². The van der Waals surface area contributed by atoms with Gasteiger partial charge < -0.3 is 4.42 Å². The van der Waals surface area contributed by atoms with E-state index in [2.05, 4.69) is 0 Å². The summed E-state index contributed by atoms with van der Waals surface area (Å²) < 4.78 is 18.7. The van der Waals surface area contributed by atoms with E-state index in [0.717, 1.165) is 16.9 Å². The molecule has 0 unspecified atom stereocenters. The third-order valence-electron chi connectivity index (χ3n) is 3.23. The lowest BCUT2D eigenvalue weighted by atomic mass is 9.96. The predicted octanol–water partition coefficient (Wildman–Crippen LogP) is 3.88. The number of hydrogen-bond acceptors (Lipinski definition) is 2. The molecule has 2 rings (SSSR count). The van der Waals surface area contributed by atoms with Crippen LogP contribution in [0.5, 0.6) is 0 Å². The molecule has 0 saturated carbocycles. The zero-order chi connectivity index (χ0) is 13.4. The Kier molecular flexibility index (Phi) is 3.07. The predicted molar refractivity (Wildman–Crippen MR) is 67.5 cm³/mol. The van der Waals surface area contributed by atoms with Crippen LogP contribution in [0.4, 0.5) is 4.39 Å². The highest BCUT2D eigenvalue weighted by atomic mass is 19.1. The minimum absolute atomic E-state index is 0.182. The lowest BCUT2D eigenvalue weighted by Crippen LogP contribution is -2.06. The van der Waals surface area contributed by atoms with Gasteiger partial charge in [0.1, 0.15) is 17.3 Å². The maximum Gasteiger partial charge on any atom is 0.197 e. The molecule has 0 spiro atoms. The molecule has 0 aliphatic carbocycles. The van der Waals surface area contributed by atoms with Crippen molar-refractivity contribution in [3.05, 3.63) is 57.8 Å². The number of furan rings is 1. The van der Waals surface area contributed by atoms with Crippen LogP contribution in [-0.2, 0) is 0 Å². The summed E-state index contributed by atoms with van der Waals surface area (Å²) in [5, 5.41) is 0. The van der Waals surface area contributed by atoms with Crippen LogP contribution in [0.25, 0.3) is 0 Å². The van der Waals surface area contributed by atoms with Gasteiger partial charge in [-0.25, -0.2) is 4.39 Å². The molecular weight excluding hydrogens is 231 g/mol. The van der Waals surface area contributed by atoms with Gasteiger partial charge in [0.25, 0.3) is 0 Å². The van der Waals surface area contributed by atoms with Crippen molar-refractivity contribution in [1.29, 1.82) is 0 Å². The summed E-state index contributed by atoms with van der Waals surface area (Å²) in [6, 6.07) is 4.24. The van der Waals surface area contributed by atoms with Crippen LogP contribution < -0.4 is 0 Å². The minimum atomic E-state index is -0.403. The first-order valence-electron chi connectivity index (χ1n) is 5.79. The molecule has 0 amide bonds. The molecule has 2 nitrogen and oxygen atoms in total. The summed E-state index contributed by atoms with van der Waals surface area (Å²) in [6.45, 7) is 7.21. The second kappa shape index (κ2) is 4.41. The highest BCUT2D eigenvalue weighted by Gasteiger charge is 2.21. The fraction of sp³-hybridized carbons (Fsp3) is 0.267. The highest BCUT2D eigenvalue weighted by molar-refractivity contribution is 6.11. The van der Waals surface area contributed by atoms with Gasteiger partial charge in [-0.1, -0.05) is 6.07 Å². The maximum atomic E-state index is 13.3. The number of rotatable bonds is 2. The van der Waals surface area contributed by atoms with Crippen LogP contribution in [0.2, 0.25) is 0 Å². The van der Waals surface area contributed by atoms with Gasteiger partial charge >= 0.3 is 0 Å². The SMILES string of the molecule is Cc1ccc(F)cc1C(=O)c1c(C)oc(C)c1C. The van der Waals surface area contributed by atoms with Gasteiger partial charge in [-0.15, -0.1) is 0 Å².